The first-order valence-corrected chi connectivity index (χ1v) is 14.4. The van der Waals surface area contributed by atoms with E-state index < -0.39 is 6.04 Å². The van der Waals surface area contributed by atoms with E-state index in [0.717, 1.165) is 22.3 Å². The molecule has 4 aromatic rings. The van der Waals surface area contributed by atoms with E-state index in [2.05, 4.69) is 48.2 Å². The summed E-state index contributed by atoms with van der Waals surface area (Å²) in [6.45, 7) is 9.67. The van der Waals surface area contributed by atoms with Gasteiger partial charge in [-0.3, -0.25) is 19.1 Å². The highest BCUT2D eigenvalue weighted by atomic mass is 79.9. The number of halogens is 1. The average Bonchev–Trinajstić information content (AvgIpc) is 3.25. The molecule has 41 heavy (non-hydrogen) atoms. The standard InChI is InChI=1S/C30H30BrN7O3/c1-14-6-7-23(31)34-29(14)35-30(41)28-25-16(3)22(25)12-37(28)24(40)13-38-27-15(2)8-19(20-10-32-18(5)33-11-20)9-21(27)26(36-38)17(4)39/h6-11,16,22,25,28H,12-13H2,1-5H3,(H,34,35,41)/t16-,22+,25-,28+/m1/s1. The van der Waals surface area contributed by atoms with Crippen molar-refractivity contribution >= 4 is 50.2 Å². The number of fused-ring (bicyclic) bond motifs is 2. The molecule has 1 aliphatic heterocycles. The molecule has 210 valence electrons. The van der Waals surface area contributed by atoms with Gasteiger partial charge in [0.05, 0.1) is 5.52 Å². The van der Waals surface area contributed by atoms with Crippen LogP contribution in [0.4, 0.5) is 5.82 Å². The van der Waals surface area contributed by atoms with E-state index in [1.165, 1.54) is 6.92 Å². The Morgan fingerprint density at radius 2 is 1.78 bits per heavy atom. The number of nitrogens with one attached hydrogen (secondary N) is 1. The van der Waals surface area contributed by atoms with Gasteiger partial charge in [0.2, 0.25) is 11.8 Å². The number of ketones is 1. The smallest absolute Gasteiger partial charge is 0.248 e. The third-order valence-corrected chi connectivity index (χ3v) is 8.85. The van der Waals surface area contributed by atoms with Crippen molar-refractivity contribution in [1.29, 1.82) is 0 Å². The van der Waals surface area contributed by atoms with Crippen molar-refractivity contribution in [2.45, 2.75) is 47.2 Å². The lowest BCUT2D eigenvalue weighted by molar-refractivity contribution is -0.138. The van der Waals surface area contributed by atoms with Gasteiger partial charge in [-0.2, -0.15) is 5.10 Å². The predicted molar refractivity (Wildman–Crippen MR) is 157 cm³/mol. The van der Waals surface area contributed by atoms with Crippen LogP contribution in [0.2, 0.25) is 0 Å². The summed E-state index contributed by atoms with van der Waals surface area (Å²) in [5.41, 5.74) is 4.42. The van der Waals surface area contributed by atoms with Crippen molar-refractivity contribution in [3.63, 3.8) is 0 Å². The molecule has 0 spiro atoms. The van der Waals surface area contributed by atoms with Gasteiger partial charge in [-0.05, 0) is 89.3 Å². The lowest BCUT2D eigenvalue weighted by Crippen LogP contribution is -2.48. The van der Waals surface area contributed by atoms with Crippen LogP contribution in [0.3, 0.4) is 0 Å². The van der Waals surface area contributed by atoms with Crippen molar-refractivity contribution in [1.82, 2.24) is 29.6 Å². The van der Waals surface area contributed by atoms with Crippen LogP contribution in [-0.4, -0.2) is 59.8 Å². The number of aromatic nitrogens is 5. The maximum absolute atomic E-state index is 13.8. The van der Waals surface area contributed by atoms with E-state index in [1.54, 1.807) is 22.0 Å². The fourth-order valence-corrected chi connectivity index (χ4v) is 6.47. The molecule has 1 saturated heterocycles. The molecule has 3 aromatic heterocycles. The maximum atomic E-state index is 13.8. The molecule has 2 aliphatic rings. The van der Waals surface area contributed by atoms with Crippen molar-refractivity contribution < 1.29 is 14.4 Å². The van der Waals surface area contributed by atoms with Gasteiger partial charge in [-0.15, -0.1) is 0 Å². The van der Waals surface area contributed by atoms with Crippen LogP contribution in [0.25, 0.3) is 22.0 Å². The largest absolute Gasteiger partial charge is 0.328 e. The number of carbonyl (C=O) groups is 3. The monoisotopic (exact) mass is 615 g/mol. The molecule has 1 saturated carbocycles. The lowest BCUT2D eigenvalue weighted by Gasteiger charge is -2.28. The number of benzene rings is 1. The number of hydrogen-bond acceptors (Lipinski definition) is 7. The second kappa shape index (κ2) is 10.1. The van der Waals surface area contributed by atoms with Gasteiger partial charge in [-0.1, -0.05) is 13.0 Å². The molecule has 2 amide bonds. The summed E-state index contributed by atoms with van der Waals surface area (Å²) in [7, 11) is 0. The molecule has 1 aromatic carbocycles. The number of hydrogen-bond donors (Lipinski definition) is 1. The molecule has 2 fully saturated rings. The second-order valence-corrected chi connectivity index (χ2v) is 12.0. The first kappa shape index (κ1) is 27.2. The Labute approximate surface area is 245 Å². The number of piperidine rings is 1. The van der Waals surface area contributed by atoms with Crippen molar-refractivity contribution in [3.05, 3.63) is 63.9 Å². The number of carbonyl (C=O) groups excluding carboxylic acids is 3. The fraction of sp³-hybridized carbons (Fsp3) is 0.367. The molecular weight excluding hydrogens is 586 g/mol. The van der Waals surface area contributed by atoms with E-state index in [1.807, 2.05) is 45.0 Å². The van der Waals surface area contributed by atoms with Gasteiger partial charge in [0.1, 0.15) is 34.5 Å². The van der Waals surface area contributed by atoms with Gasteiger partial charge in [0, 0.05) is 36.8 Å². The van der Waals surface area contributed by atoms with E-state index in [4.69, 9.17) is 0 Å². The molecule has 4 atom stereocenters. The van der Waals surface area contributed by atoms with Gasteiger partial charge in [-0.25, -0.2) is 15.0 Å². The highest BCUT2D eigenvalue weighted by Gasteiger charge is 2.62. The number of pyridine rings is 1. The summed E-state index contributed by atoms with van der Waals surface area (Å²) >= 11 is 3.36. The Morgan fingerprint density at radius 1 is 1.05 bits per heavy atom. The minimum absolute atomic E-state index is 0.0800. The lowest BCUT2D eigenvalue weighted by atomic mass is 10.0. The normalized spacial score (nSPS) is 21.2. The third kappa shape index (κ3) is 4.81. The number of nitrogens with zero attached hydrogens (tertiary/aromatic N) is 6. The highest BCUT2D eigenvalue weighted by molar-refractivity contribution is 9.10. The Morgan fingerprint density at radius 3 is 2.49 bits per heavy atom. The number of likely N-dealkylation sites (tertiary alicyclic amines) is 1. The maximum Gasteiger partial charge on any atom is 0.248 e. The van der Waals surface area contributed by atoms with Crippen molar-refractivity contribution in [3.8, 4) is 11.1 Å². The summed E-state index contributed by atoms with van der Waals surface area (Å²) in [5.74, 6) is 1.27. The molecule has 4 heterocycles. The molecule has 10 nitrogen and oxygen atoms in total. The number of aryl methyl sites for hydroxylation is 3. The van der Waals surface area contributed by atoms with Crippen LogP contribution in [-0.2, 0) is 16.1 Å². The molecule has 1 aliphatic carbocycles. The molecule has 6 rings (SSSR count). The number of Topliss-reactive ketones (excluding diaryl/α,β-unsaturated/α-hetero) is 1. The summed E-state index contributed by atoms with van der Waals surface area (Å²) in [5, 5.41) is 8.21. The topological polar surface area (TPSA) is 123 Å². The molecule has 0 unspecified atom stereocenters. The Hall–Kier alpha value is -3.99. The number of rotatable bonds is 6. The van der Waals surface area contributed by atoms with Crippen LogP contribution >= 0.6 is 15.9 Å². The molecule has 0 bridgehead atoms. The van der Waals surface area contributed by atoms with Crippen LogP contribution in [0, 0.1) is 38.5 Å². The molecule has 1 N–H and O–H groups in total. The minimum atomic E-state index is -0.592. The Bertz CT molecular complexity index is 1730. The van der Waals surface area contributed by atoms with Crippen molar-refractivity contribution in [2.24, 2.45) is 17.8 Å². The molecular formula is C30H30BrN7O3. The summed E-state index contributed by atoms with van der Waals surface area (Å²) in [6.07, 6.45) is 3.50. The zero-order valence-corrected chi connectivity index (χ0v) is 25.1. The quantitative estimate of drug-likeness (QED) is 0.250. The highest BCUT2D eigenvalue weighted by Crippen LogP contribution is 2.55. The Kier molecular flexibility index (Phi) is 6.72. The Balaban J connectivity index is 1.31. The fourth-order valence-electron chi connectivity index (χ4n) is 6.16. The van der Waals surface area contributed by atoms with Crippen LogP contribution < -0.4 is 5.32 Å². The van der Waals surface area contributed by atoms with Crippen LogP contribution in [0.1, 0.15) is 41.3 Å². The first-order valence-electron chi connectivity index (χ1n) is 13.6. The minimum Gasteiger partial charge on any atom is -0.328 e. The third-order valence-electron chi connectivity index (χ3n) is 8.40. The second-order valence-electron chi connectivity index (χ2n) is 11.2. The van der Waals surface area contributed by atoms with Gasteiger partial charge >= 0.3 is 0 Å². The van der Waals surface area contributed by atoms with E-state index >= 15 is 0 Å². The summed E-state index contributed by atoms with van der Waals surface area (Å²) in [6, 6.07) is 6.99. The zero-order chi connectivity index (χ0) is 29.2. The first-order chi connectivity index (χ1) is 19.5. The van der Waals surface area contributed by atoms with E-state index in [9.17, 15) is 14.4 Å². The predicted octanol–water partition coefficient (Wildman–Crippen LogP) is 4.51. The number of amides is 2. The number of anilines is 1. The van der Waals surface area contributed by atoms with E-state index in [-0.39, 0.29) is 36.0 Å². The van der Waals surface area contributed by atoms with Gasteiger partial charge < -0.3 is 10.2 Å². The average molecular weight is 617 g/mol. The van der Waals surface area contributed by atoms with Gasteiger partial charge in [0.15, 0.2) is 5.78 Å². The summed E-state index contributed by atoms with van der Waals surface area (Å²) in [4.78, 5) is 54.6. The van der Waals surface area contributed by atoms with Crippen molar-refractivity contribution in [2.75, 3.05) is 11.9 Å². The van der Waals surface area contributed by atoms with Crippen LogP contribution in [0.15, 0.2) is 41.3 Å². The van der Waals surface area contributed by atoms with Gasteiger partial charge in [0.25, 0.3) is 0 Å². The molecule has 0 radical (unpaired) electrons. The summed E-state index contributed by atoms with van der Waals surface area (Å²) < 4.78 is 2.22. The molecule has 11 heteroatoms. The SMILES string of the molecule is CC(=O)c1nn(CC(=O)N2C[C@H]3[C@@H](C)[C@H]3[C@H]2C(=O)Nc2nc(Br)ccc2C)c2c(C)cc(-c3cnc(C)nc3)cc12. The zero-order valence-electron chi connectivity index (χ0n) is 23.5. The van der Waals surface area contributed by atoms with Crippen LogP contribution in [0.5, 0.6) is 0 Å². The van der Waals surface area contributed by atoms with E-state index in [0.29, 0.717) is 45.3 Å².